The maximum atomic E-state index is 16.3. The summed E-state index contributed by atoms with van der Waals surface area (Å²) in [6.45, 7) is 8.79. The lowest BCUT2D eigenvalue weighted by Gasteiger charge is -2.52. The van der Waals surface area contributed by atoms with E-state index >= 15 is 4.39 Å². The number of likely N-dealkylation sites (N-methyl/N-ethyl adjacent to an activating group) is 1. The van der Waals surface area contributed by atoms with Crippen molar-refractivity contribution in [2.75, 3.05) is 76.0 Å². The Balaban J connectivity index is 0.000000172. The SMILES string of the molecule is CCN1C(C(=O)NC23CCC(C(=O)O)(CC2)CC3)C(c2cccc(Cl)c2F)C2(C(=O)Nc3cc(Cl)ccc32)C12CCCCC2.COc1c(OCCCN2CCOCC2)ccc2c3n(c(=NC(=O)c4cnc(N)nc4)nc12)CCN3. The van der Waals surface area contributed by atoms with Gasteiger partial charge in [0, 0.05) is 78.2 Å². The number of carboxylic acid groups (broad SMARTS) is 1. The molecule has 3 atom stereocenters. The van der Waals surface area contributed by atoms with E-state index in [0.29, 0.717) is 105 Å². The van der Waals surface area contributed by atoms with E-state index in [1.165, 1.54) is 18.5 Å². The lowest BCUT2D eigenvalue weighted by atomic mass is 9.55. The van der Waals surface area contributed by atoms with Crippen molar-refractivity contribution < 1.29 is 42.9 Å². The molecule has 19 nitrogen and oxygen atoms in total. The summed E-state index contributed by atoms with van der Waals surface area (Å²) in [6.07, 6.45) is 11.0. The first-order valence-electron chi connectivity index (χ1n) is 27.5. The minimum Gasteiger partial charge on any atom is -0.491 e. The van der Waals surface area contributed by atoms with E-state index < -0.39 is 51.6 Å². The number of nitrogens with one attached hydrogen (secondary N) is 3. The standard InChI is InChI=1S/C34H38Cl2FN3O4.C23H28N8O4/c1-2-40-27(28(41)39-32-16-13-31(14-17-32,15-18-32)30(43)44)25(21-7-6-8-23(36)26(21)37)34(33(40)11-4-3-5-12-33)22-10-9-20(35)19-24(22)38-29(34)42;1-33-19-17(35-10-2-6-30-8-11-34-12-9-30)4-3-16-18(19)28-23(31-7-5-25-20(16)31)29-21(32)15-13-26-22(24)27-14-15/h6-10,19,25,27H,2-5,11-18H2,1H3,(H,38,42)(H,39,41)(H,43,44);3-4,13-14,25H,2,5-12H2,1H3,(H2,24,26,27). The first-order valence-corrected chi connectivity index (χ1v) is 28.3. The lowest BCUT2D eigenvalue weighted by Crippen LogP contribution is -2.63. The van der Waals surface area contributed by atoms with Crippen LogP contribution in [-0.4, -0.2) is 135 Å². The number of hydrogen-bond donors (Lipinski definition) is 5. The fraction of sp³-hybridized carbons (Fsp3) is 0.509. The van der Waals surface area contributed by atoms with Gasteiger partial charge >= 0.3 is 5.97 Å². The van der Waals surface area contributed by atoms with Crippen LogP contribution in [0.15, 0.2) is 65.9 Å². The number of halogens is 3. The lowest BCUT2D eigenvalue weighted by molar-refractivity contribution is -0.157. The van der Waals surface area contributed by atoms with Crippen molar-refractivity contribution in [3.63, 3.8) is 0 Å². The quantitative estimate of drug-likeness (QED) is 0.0761. The smallest absolute Gasteiger partial charge is 0.309 e. The molecule has 6 N–H and O–H groups in total. The molecule has 3 unspecified atom stereocenters. The van der Waals surface area contributed by atoms with Gasteiger partial charge in [-0.15, -0.1) is 0 Å². The van der Waals surface area contributed by atoms with Crippen LogP contribution in [0, 0.1) is 11.2 Å². The van der Waals surface area contributed by atoms with Gasteiger partial charge in [-0.05, 0) is 106 Å². The Morgan fingerprint density at radius 3 is 2.41 bits per heavy atom. The second-order valence-electron chi connectivity index (χ2n) is 22.0. The Morgan fingerprint density at radius 1 is 0.975 bits per heavy atom. The van der Waals surface area contributed by atoms with Crippen LogP contribution in [0.1, 0.15) is 111 Å². The van der Waals surface area contributed by atoms with Gasteiger partial charge in [0.15, 0.2) is 11.5 Å². The van der Waals surface area contributed by atoms with E-state index in [4.69, 9.17) is 48.1 Å². The molecule has 2 spiro atoms. The number of hydrogen-bond acceptors (Lipinski definition) is 14. The van der Waals surface area contributed by atoms with Crippen molar-refractivity contribution in [1.29, 1.82) is 0 Å². The Hall–Kier alpha value is -6.45. The van der Waals surface area contributed by atoms with Crippen molar-refractivity contribution in [3.05, 3.63) is 99.1 Å². The fourth-order valence-corrected chi connectivity index (χ4v) is 14.7. The molecule has 3 amide bonds. The fourth-order valence-electron chi connectivity index (χ4n) is 14.3. The molecule has 4 aliphatic heterocycles. The second kappa shape index (κ2) is 21.9. The van der Waals surface area contributed by atoms with Crippen LogP contribution in [0.2, 0.25) is 10.0 Å². The zero-order valence-corrected chi connectivity index (χ0v) is 45.9. The van der Waals surface area contributed by atoms with Crippen LogP contribution in [0.5, 0.6) is 11.5 Å². The third-order valence-electron chi connectivity index (χ3n) is 18.1. The molecular weight excluding hydrogens is 1060 g/mol. The van der Waals surface area contributed by atoms with E-state index in [2.05, 4.69) is 40.7 Å². The number of fused-ring (bicyclic) bond motifs is 9. The summed E-state index contributed by atoms with van der Waals surface area (Å²) >= 11 is 12.8. The van der Waals surface area contributed by atoms with Crippen LogP contribution in [0.4, 0.5) is 21.8 Å². The van der Waals surface area contributed by atoms with Gasteiger partial charge in [0.1, 0.15) is 22.6 Å². The van der Waals surface area contributed by atoms with Gasteiger partial charge in [-0.3, -0.25) is 33.5 Å². The molecule has 8 aliphatic rings. The van der Waals surface area contributed by atoms with Crippen LogP contribution < -0.4 is 36.8 Å². The van der Waals surface area contributed by atoms with Gasteiger partial charge in [-0.1, -0.05) is 67.6 Å². The number of rotatable bonds is 12. The topological polar surface area (TPSA) is 241 Å². The van der Waals surface area contributed by atoms with Crippen molar-refractivity contribution in [2.24, 2.45) is 10.4 Å². The number of carbonyl (C=O) groups is 4. The van der Waals surface area contributed by atoms with Gasteiger partial charge in [0.2, 0.25) is 23.4 Å². The molecule has 2 aromatic heterocycles. The predicted molar refractivity (Wildman–Crippen MR) is 295 cm³/mol. The molecule has 13 rings (SSSR count). The van der Waals surface area contributed by atoms with Gasteiger partial charge in [0.05, 0.1) is 49.0 Å². The Morgan fingerprint density at radius 2 is 1.71 bits per heavy atom. The Kier molecular flexibility index (Phi) is 15.1. The largest absolute Gasteiger partial charge is 0.491 e. The number of anilines is 3. The van der Waals surface area contributed by atoms with Crippen molar-refractivity contribution >= 4 is 75.2 Å². The highest BCUT2D eigenvalue weighted by Gasteiger charge is 2.75. The summed E-state index contributed by atoms with van der Waals surface area (Å²) < 4.78 is 35.4. The number of morpholine rings is 1. The molecule has 6 fully saturated rings. The summed E-state index contributed by atoms with van der Waals surface area (Å²) in [5.74, 6) is -1.21. The summed E-state index contributed by atoms with van der Waals surface area (Å²) in [4.78, 5) is 75.8. The summed E-state index contributed by atoms with van der Waals surface area (Å²) in [5.41, 5.74) is 4.92. The van der Waals surface area contributed by atoms with E-state index in [1.807, 2.05) is 29.7 Å². The number of nitrogen functional groups attached to an aromatic ring is 1. The van der Waals surface area contributed by atoms with E-state index in [0.717, 1.165) is 75.3 Å². The number of likely N-dealkylation sites (tertiary alicyclic amines) is 1. The molecule has 4 aliphatic carbocycles. The molecule has 5 aromatic rings. The molecular formula is C57H66Cl2FN11O8. The molecule has 2 saturated heterocycles. The number of amides is 3. The molecule has 3 aromatic carbocycles. The number of nitrogens with two attached hydrogens (primary N) is 1. The monoisotopic (exact) mass is 1120 g/mol. The molecule has 79 heavy (non-hydrogen) atoms. The van der Waals surface area contributed by atoms with Crippen molar-refractivity contribution in [2.45, 2.75) is 119 Å². The predicted octanol–water partition coefficient (Wildman–Crippen LogP) is 7.49. The number of benzene rings is 3. The van der Waals surface area contributed by atoms with E-state index in [1.54, 1.807) is 31.4 Å². The normalized spacial score (nSPS) is 26.0. The minimum atomic E-state index is -1.27. The molecule has 0 radical (unpaired) electrons. The van der Waals surface area contributed by atoms with Crippen molar-refractivity contribution in [3.8, 4) is 11.5 Å². The molecule has 22 heteroatoms. The van der Waals surface area contributed by atoms with Gasteiger partial charge in [-0.2, -0.15) is 4.99 Å². The first kappa shape index (κ1) is 54.5. The molecule has 418 valence electrons. The van der Waals surface area contributed by atoms with E-state index in [9.17, 15) is 24.3 Å². The number of aliphatic carboxylic acids is 1. The number of carboxylic acids is 1. The Bertz CT molecular complexity index is 3250. The highest BCUT2D eigenvalue weighted by Crippen LogP contribution is 2.67. The third kappa shape index (κ3) is 9.43. The van der Waals surface area contributed by atoms with Crippen LogP contribution in [0.3, 0.4) is 0 Å². The summed E-state index contributed by atoms with van der Waals surface area (Å²) in [6, 6.07) is 13.2. The number of aromatic nitrogens is 4. The average molecular weight is 1120 g/mol. The number of nitrogens with zero attached hydrogens (tertiary/aromatic N) is 7. The van der Waals surface area contributed by atoms with Gasteiger partial charge < -0.3 is 41.0 Å². The summed E-state index contributed by atoms with van der Waals surface area (Å²) in [5, 5.41) is 21.1. The number of methoxy groups -OCH3 is 1. The van der Waals surface area contributed by atoms with E-state index in [-0.39, 0.29) is 39.5 Å². The Labute approximate surface area is 466 Å². The molecule has 6 heterocycles. The minimum absolute atomic E-state index is 0.0534. The maximum Gasteiger partial charge on any atom is 0.309 e. The van der Waals surface area contributed by atoms with Gasteiger partial charge in [0.25, 0.3) is 5.91 Å². The molecule has 2 bridgehead atoms. The maximum absolute atomic E-state index is 16.3. The zero-order valence-electron chi connectivity index (χ0n) is 44.4. The highest BCUT2D eigenvalue weighted by molar-refractivity contribution is 6.31. The summed E-state index contributed by atoms with van der Waals surface area (Å²) in [7, 11) is 1.58. The van der Waals surface area contributed by atoms with Crippen molar-refractivity contribution in [1.82, 2.24) is 34.6 Å². The van der Waals surface area contributed by atoms with Crippen LogP contribution in [0.25, 0.3) is 10.9 Å². The third-order valence-corrected chi connectivity index (χ3v) is 18.6. The molecule has 4 saturated carbocycles. The van der Waals surface area contributed by atoms with Gasteiger partial charge in [-0.25, -0.2) is 19.3 Å². The second-order valence-corrected chi connectivity index (χ2v) is 22.8. The van der Waals surface area contributed by atoms with Crippen LogP contribution >= 0.6 is 23.2 Å². The van der Waals surface area contributed by atoms with Crippen LogP contribution in [-0.2, 0) is 31.1 Å². The average Bonchev–Trinajstić information content (AvgIpc) is 3.73. The first-order chi connectivity index (χ1) is 38.2. The number of carbonyl (C=O) groups excluding carboxylic acids is 3. The number of ether oxygens (including phenoxy) is 3. The highest BCUT2D eigenvalue weighted by atomic mass is 35.5. The zero-order chi connectivity index (χ0) is 55.3.